The number of amides is 8. The summed E-state index contributed by atoms with van der Waals surface area (Å²) in [6.07, 6.45) is 1.31. The second-order valence-electron chi connectivity index (χ2n) is 32.6. The number of guanidine groups is 2. The van der Waals surface area contributed by atoms with Crippen LogP contribution in [-0.2, 0) is 87.2 Å². The van der Waals surface area contributed by atoms with Gasteiger partial charge in [-0.15, -0.1) is 0 Å². The number of nitrogens with zero attached hydrogens (tertiary/aromatic N) is 1. The van der Waals surface area contributed by atoms with Gasteiger partial charge in [-0.25, -0.2) is 31.1 Å². The molecule has 36 heteroatoms. The lowest BCUT2D eigenvalue weighted by Crippen LogP contribution is -2.60. The van der Waals surface area contributed by atoms with Crippen molar-refractivity contribution in [1.29, 1.82) is 10.8 Å². The minimum absolute atomic E-state index is 0.0106. The normalized spacial score (nSPS) is 15.6. The highest BCUT2D eigenvalue weighted by Crippen LogP contribution is 2.45. The lowest BCUT2D eigenvalue weighted by Gasteiger charge is -2.29. The minimum atomic E-state index is -4.40. The molecule has 6 rings (SSSR count). The molecule has 1 aromatic heterocycles. The van der Waals surface area contributed by atoms with Crippen LogP contribution in [0.3, 0.4) is 0 Å². The molecule has 17 N–H and O–H groups in total. The van der Waals surface area contributed by atoms with Crippen LogP contribution in [-0.4, -0.2) is 183 Å². The number of aromatic nitrogens is 1. The van der Waals surface area contributed by atoms with E-state index in [1.807, 2.05) is 34.6 Å². The molecule has 0 saturated heterocycles. The number of ether oxygens (including phenoxy) is 3. The Morgan fingerprint density at radius 2 is 1.05 bits per heavy atom. The molecule has 2 aliphatic heterocycles. The van der Waals surface area contributed by atoms with Crippen molar-refractivity contribution >= 4 is 102 Å². The molecular weight excluding hydrogens is 1510 g/mol. The Labute approximate surface area is 667 Å². The van der Waals surface area contributed by atoms with E-state index >= 15 is 0 Å². The van der Waals surface area contributed by atoms with Crippen molar-refractivity contribution in [2.75, 3.05) is 26.2 Å². The monoisotopic (exact) mass is 1630 g/mol. The van der Waals surface area contributed by atoms with Gasteiger partial charge in [-0.3, -0.25) is 58.5 Å². The Balaban J connectivity index is 1.22. The quantitative estimate of drug-likeness (QED) is 0.0173. The maximum atomic E-state index is 15.0. The van der Waals surface area contributed by atoms with Crippen LogP contribution >= 0.6 is 0 Å². The summed E-state index contributed by atoms with van der Waals surface area (Å²) < 4.78 is 79.8. The first-order valence-corrected chi connectivity index (χ1v) is 41.3. The molecule has 3 heterocycles. The van der Waals surface area contributed by atoms with Gasteiger partial charge < -0.3 is 78.2 Å². The van der Waals surface area contributed by atoms with Gasteiger partial charge >= 0.3 is 12.1 Å². The number of hydrogen-bond acceptors (Lipinski definition) is 20. The zero-order valence-electron chi connectivity index (χ0n) is 69.1. The number of nitrogens with two attached hydrogens (primary N) is 1. The SMILES string of the molecule is CC[C@H](C)[C@H](N)C(=O)N[C@@H](C)C(=O)N[C@@H](Cc1cn(C(=O)OC(C)(C)C)c2ccccc12)C(=O)N[C@@H](CC(C)C)C(=O)N[C@H](C(=O)N[C@@H](CCCNC(=N)NS(=O)(=O)c1c(C)c(C)c2c(c1C)CC(C)(C)O2)C(=O)NCC(=O)N[C@@H](CCCNC(=N)NS(=O)(=O)c1c(C)c(C)c2c(c1C)CC(C)(C)O2)C(=O)NCC(=O)O)C(C)C. The van der Waals surface area contributed by atoms with E-state index in [4.69, 9.17) is 30.8 Å². The fourth-order valence-electron chi connectivity index (χ4n) is 13.7. The molecule has 0 fully saturated rings. The molecular formula is C78H118N16O18S2. The summed E-state index contributed by atoms with van der Waals surface area (Å²) in [7, 11) is -8.73. The number of rotatable bonds is 36. The first-order chi connectivity index (χ1) is 52.8. The predicted octanol–water partition coefficient (Wildman–Crippen LogP) is 4.13. The van der Waals surface area contributed by atoms with Gasteiger partial charge in [0.2, 0.25) is 59.2 Å². The number of para-hydroxylation sites is 1. The molecule has 2 aliphatic rings. The Hall–Kier alpha value is -10.1. The van der Waals surface area contributed by atoms with E-state index in [1.165, 1.54) is 17.7 Å². The number of carbonyl (C=O) groups is 10. The van der Waals surface area contributed by atoms with Crippen LogP contribution in [0.5, 0.6) is 11.5 Å². The maximum absolute atomic E-state index is 15.0. The lowest BCUT2D eigenvalue weighted by atomic mass is 9.94. The summed E-state index contributed by atoms with van der Waals surface area (Å²) in [6.45, 7) is 32.5. The van der Waals surface area contributed by atoms with Crippen LogP contribution in [0.2, 0.25) is 0 Å². The fourth-order valence-corrected chi connectivity index (χ4v) is 16.7. The number of hydrogen-bond donors (Lipinski definition) is 16. The lowest BCUT2D eigenvalue weighted by molar-refractivity contribution is -0.138. The molecule has 34 nitrogen and oxygen atoms in total. The summed E-state index contributed by atoms with van der Waals surface area (Å²) >= 11 is 0. The van der Waals surface area contributed by atoms with Gasteiger partial charge in [0.05, 0.1) is 27.9 Å². The van der Waals surface area contributed by atoms with E-state index in [9.17, 15) is 69.9 Å². The van der Waals surface area contributed by atoms with Gasteiger partial charge in [-0.1, -0.05) is 66.2 Å². The molecule has 3 aromatic carbocycles. The van der Waals surface area contributed by atoms with E-state index in [-0.39, 0.29) is 73.2 Å². The Bertz CT molecular complexity index is 4590. The van der Waals surface area contributed by atoms with Crippen molar-refractivity contribution in [3.8, 4) is 11.5 Å². The molecule has 114 heavy (non-hydrogen) atoms. The Morgan fingerprint density at radius 3 is 1.53 bits per heavy atom. The van der Waals surface area contributed by atoms with Gasteiger partial charge in [0, 0.05) is 55.1 Å². The molecule has 8 atom stereocenters. The van der Waals surface area contributed by atoms with E-state index in [0.29, 0.717) is 80.6 Å². The summed E-state index contributed by atoms with van der Waals surface area (Å²) in [5.74, 6) is -9.76. The van der Waals surface area contributed by atoms with Gasteiger partial charge in [0.25, 0.3) is 20.0 Å². The van der Waals surface area contributed by atoms with Gasteiger partial charge in [-0.05, 0) is 192 Å². The van der Waals surface area contributed by atoms with Crippen molar-refractivity contribution in [3.63, 3.8) is 0 Å². The average molecular weight is 1630 g/mol. The van der Waals surface area contributed by atoms with Crippen LogP contribution in [0.25, 0.3) is 10.9 Å². The minimum Gasteiger partial charge on any atom is -0.487 e. The maximum Gasteiger partial charge on any atom is 0.419 e. The van der Waals surface area contributed by atoms with E-state index < -0.39 is 169 Å². The molecule has 0 spiro atoms. The van der Waals surface area contributed by atoms with Crippen LogP contribution in [0.15, 0.2) is 40.3 Å². The smallest absolute Gasteiger partial charge is 0.419 e. The molecule has 0 radical (unpaired) electrons. The summed E-state index contributed by atoms with van der Waals surface area (Å²) in [4.78, 5) is 139. The zero-order chi connectivity index (χ0) is 85.8. The number of carbonyl (C=O) groups excluding carboxylic acids is 9. The number of nitrogens with one attached hydrogen (secondary N) is 14. The topological polar surface area (TPSA) is 510 Å². The van der Waals surface area contributed by atoms with Crippen molar-refractivity contribution < 1.29 is 84.1 Å². The number of aliphatic carboxylic acids is 1. The highest BCUT2D eigenvalue weighted by molar-refractivity contribution is 7.90. The van der Waals surface area contributed by atoms with Crippen LogP contribution in [0.1, 0.15) is 186 Å². The molecule has 0 bridgehead atoms. The van der Waals surface area contributed by atoms with Crippen LogP contribution < -0.4 is 77.8 Å². The Kier molecular flexibility index (Phi) is 31.2. The number of carboxylic acids is 1. The summed E-state index contributed by atoms with van der Waals surface area (Å²) in [5, 5.41) is 53.1. The number of carboxylic acid groups (broad SMARTS) is 1. The molecule has 630 valence electrons. The second-order valence-corrected chi connectivity index (χ2v) is 35.8. The third-order valence-corrected chi connectivity index (χ3v) is 23.2. The van der Waals surface area contributed by atoms with Crippen LogP contribution in [0, 0.1) is 70.1 Å². The van der Waals surface area contributed by atoms with Crippen LogP contribution in [0.4, 0.5) is 4.79 Å². The van der Waals surface area contributed by atoms with Crippen molar-refractivity contribution in [1.82, 2.24) is 67.2 Å². The van der Waals surface area contributed by atoms with E-state index in [2.05, 4.69) is 62.6 Å². The number of benzene rings is 3. The standard InChI is InChI=1S/C78H118N16O18S2/c1-21-41(6)60(79)71(103)86-48(13)66(98)89-56(33-49-38-94(75(105)112-76(14,15)16)57-29-23-22-26-50(49)57)69(101)90-55(32-39(2)3)70(102)91-61(40(4)5)72(104)88-54(28-25-31-83-74(81)93-114(108,109)65-45(10)43(8)63-52(47(65)12)35-78(19,20)111-63)68(100)84-36-58(95)87-53(67(99)85-37-59(96)97)27-24-30-82-73(80)92-113(106,107)64-44(9)42(7)62-51(46(64)11)34-77(17,18)110-62/h22-23,26,29,38-41,48,53-56,60-61H,21,24-25,27-28,30-37,79H2,1-20H3,(H,84,100)(H,85,99)(H,86,103)(H,87,95)(H,88,104)(H,89,98)(H,90,101)(H,91,102)(H,96,97)(H3,80,82,92)(H3,81,83,93)/t41-,48-,53-,54-,55-,56-,60-,61-/m0/s1. The van der Waals surface area contributed by atoms with E-state index in [0.717, 1.165) is 11.1 Å². The van der Waals surface area contributed by atoms with Gasteiger partial charge in [0.15, 0.2) is 0 Å². The van der Waals surface area contributed by atoms with E-state index in [1.54, 1.807) is 121 Å². The zero-order valence-corrected chi connectivity index (χ0v) is 70.7. The van der Waals surface area contributed by atoms with Crippen molar-refractivity contribution in [2.24, 2.45) is 23.5 Å². The molecule has 0 saturated carbocycles. The Morgan fingerprint density at radius 1 is 0.588 bits per heavy atom. The largest absolute Gasteiger partial charge is 0.487 e. The average Bonchev–Trinajstić information content (AvgIpc) is 1.74. The summed E-state index contributed by atoms with van der Waals surface area (Å²) in [5.41, 5.74) is 9.44. The first-order valence-electron chi connectivity index (χ1n) is 38.3. The summed E-state index contributed by atoms with van der Waals surface area (Å²) in [6, 6.07) is -2.81. The predicted molar refractivity (Wildman–Crippen MR) is 429 cm³/mol. The third kappa shape index (κ3) is 24.5. The molecule has 0 unspecified atom stereocenters. The van der Waals surface area contributed by atoms with Gasteiger partial charge in [0.1, 0.15) is 71.1 Å². The van der Waals surface area contributed by atoms with Crippen molar-refractivity contribution in [3.05, 3.63) is 80.5 Å². The highest BCUT2D eigenvalue weighted by Gasteiger charge is 2.41. The second kappa shape index (κ2) is 38.4. The fraction of sp³-hybridized carbons (Fsp3) is 0.590. The highest BCUT2D eigenvalue weighted by atomic mass is 32.2. The van der Waals surface area contributed by atoms with Gasteiger partial charge in [-0.2, -0.15) is 0 Å². The van der Waals surface area contributed by atoms with Crippen molar-refractivity contribution in [2.45, 2.75) is 265 Å². The number of fused-ring (bicyclic) bond motifs is 3. The molecule has 0 aliphatic carbocycles. The molecule has 4 aromatic rings. The third-order valence-electron chi connectivity index (χ3n) is 20.0. The number of sulfonamides is 2. The molecule has 8 amide bonds. The first kappa shape index (κ1) is 92.8.